The lowest BCUT2D eigenvalue weighted by Gasteiger charge is -2.26. The Morgan fingerprint density at radius 2 is 0.938 bits per heavy atom. The van der Waals surface area contributed by atoms with Crippen LogP contribution in [0.25, 0.3) is 11.4 Å². The molecule has 0 aliphatic carbocycles. The topological polar surface area (TPSA) is 6.48 Å². The largest absolute Gasteiger partial charge is 0.321 e. The van der Waals surface area contributed by atoms with E-state index in [1.807, 2.05) is 0 Å². The minimum absolute atomic E-state index is 0.766. The smallest absolute Gasteiger partial charge is 0.100 e. The molecule has 4 aromatic rings. The van der Waals surface area contributed by atoms with Gasteiger partial charge in [-0.15, -0.1) is 0 Å². The van der Waals surface area contributed by atoms with Crippen LogP contribution in [0, 0.1) is 20.8 Å². The average Bonchev–Trinajstić information content (AvgIpc) is 3.20. The quantitative estimate of drug-likeness (QED) is 0.341. The third-order valence-electron chi connectivity index (χ3n) is 6.32. The number of aryl methyl sites for hydroxylation is 3. The lowest BCUT2D eigenvalue weighted by molar-refractivity contribution is 0.980. The lowest BCUT2D eigenvalue weighted by atomic mass is 9.97. The summed E-state index contributed by atoms with van der Waals surface area (Å²) in [5.74, 6) is 0. The van der Waals surface area contributed by atoms with E-state index in [0.29, 0.717) is 0 Å². The summed E-state index contributed by atoms with van der Waals surface area (Å²) in [6, 6.07) is 36.9. The van der Waals surface area contributed by atoms with Crippen molar-refractivity contribution in [2.24, 2.45) is 0 Å². The standard InChI is InChI=1S/C30H28N2/c1-22-13-7-10-18-26(22)29-30(27-19-11-8-14-23(27)2)32(28-20-12-9-15-24(28)3)21-31(29)25-16-5-4-6-17-25/h4-20H,21H2,1-3H3. The molecule has 32 heavy (non-hydrogen) atoms. The zero-order chi connectivity index (χ0) is 22.1. The average molecular weight is 417 g/mol. The normalized spacial score (nSPS) is 13.7. The first kappa shape index (κ1) is 20.1. The summed E-state index contributed by atoms with van der Waals surface area (Å²) in [4.78, 5) is 4.93. The lowest BCUT2D eigenvalue weighted by Crippen LogP contribution is -2.27. The molecule has 4 aromatic carbocycles. The Kier molecular flexibility index (Phi) is 5.28. The van der Waals surface area contributed by atoms with Crippen LogP contribution in [0.1, 0.15) is 27.8 Å². The molecule has 0 amide bonds. The maximum absolute atomic E-state index is 2.48. The molecule has 2 heteroatoms. The van der Waals surface area contributed by atoms with Gasteiger partial charge in [-0.3, -0.25) is 0 Å². The first-order chi connectivity index (χ1) is 15.6. The molecule has 0 radical (unpaired) electrons. The van der Waals surface area contributed by atoms with Gasteiger partial charge in [-0.05, 0) is 55.7 Å². The summed E-state index contributed by atoms with van der Waals surface area (Å²) in [6.45, 7) is 7.38. The predicted octanol–water partition coefficient (Wildman–Crippen LogP) is 7.42. The maximum Gasteiger partial charge on any atom is 0.100 e. The molecule has 0 fully saturated rings. The molecule has 0 bridgehead atoms. The van der Waals surface area contributed by atoms with Crippen molar-refractivity contribution in [1.82, 2.24) is 0 Å². The highest BCUT2D eigenvalue weighted by Gasteiger charge is 2.34. The number of hydrogen-bond acceptors (Lipinski definition) is 2. The van der Waals surface area contributed by atoms with Gasteiger partial charge in [-0.1, -0.05) is 84.9 Å². The molecule has 5 rings (SSSR count). The molecule has 0 spiro atoms. The van der Waals surface area contributed by atoms with Crippen LogP contribution >= 0.6 is 0 Å². The van der Waals surface area contributed by atoms with E-state index in [1.165, 1.54) is 50.6 Å². The molecule has 0 unspecified atom stereocenters. The maximum atomic E-state index is 2.48. The van der Waals surface area contributed by atoms with E-state index in [0.717, 1.165) is 6.67 Å². The van der Waals surface area contributed by atoms with Crippen LogP contribution in [0.15, 0.2) is 103 Å². The minimum atomic E-state index is 0.766. The molecule has 1 aliphatic rings. The van der Waals surface area contributed by atoms with Crippen molar-refractivity contribution in [3.8, 4) is 0 Å². The van der Waals surface area contributed by atoms with Crippen LogP contribution in [-0.4, -0.2) is 6.67 Å². The first-order valence-electron chi connectivity index (χ1n) is 11.2. The van der Waals surface area contributed by atoms with Crippen LogP contribution in [0.4, 0.5) is 11.4 Å². The second kappa shape index (κ2) is 8.39. The molecule has 0 saturated heterocycles. The number of rotatable bonds is 4. The summed E-state index contributed by atoms with van der Waals surface area (Å²) in [5.41, 5.74) is 11.3. The van der Waals surface area contributed by atoms with Crippen molar-refractivity contribution in [3.63, 3.8) is 0 Å². The molecule has 0 N–H and O–H groups in total. The predicted molar refractivity (Wildman–Crippen MR) is 137 cm³/mol. The molecule has 158 valence electrons. The van der Waals surface area contributed by atoms with Gasteiger partial charge >= 0.3 is 0 Å². The van der Waals surface area contributed by atoms with Crippen LogP contribution < -0.4 is 9.80 Å². The van der Waals surface area contributed by atoms with E-state index in [4.69, 9.17) is 0 Å². The number of anilines is 2. The third-order valence-corrected chi connectivity index (χ3v) is 6.32. The van der Waals surface area contributed by atoms with Gasteiger partial charge in [0.2, 0.25) is 0 Å². The van der Waals surface area contributed by atoms with Gasteiger partial charge in [0.05, 0.1) is 11.4 Å². The van der Waals surface area contributed by atoms with Crippen molar-refractivity contribution in [2.45, 2.75) is 20.8 Å². The third kappa shape index (κ3) is 3.48. The fourth-order valence-electron chi connectivity index (χ4n) is 4.64. The highest BCUT2D eigenvalue weighted by atomic mass is 15.4. The zero-order valence-corrected chi connectivity index (χ0v) is 18.9. The number of hydrogen-bond donors (Lipinski definition) is 0. The van der Waals surface area contributed by atoms with Crippen molar-refractivity contribution in [3.05, 3.63) is 131 Å². The number of benzene rings is 4. The van der Waals surface area contributed by atoms with Crippen LogP contribution in [-0.2, 0) is 0 Å². The van der Waals surface area contributed by atoms with E-state index < -0.39 is 0 Å². The van der Waals surface area contributed by atoms with Gasteiger partial charge in [0, 0.05) is 22.5 Å². The zero-order valence-electron chi connectivity index (χ0n) is 18.9. The number of nitrogens with zero attached hydrogens (tertiary/aromatic N) is 2. The van der Waals surface area contributed by atoms with E-state index in [9.17, 15) is 0 Å². The van der Waals surface area contributed by atoms with E-state index >= 15 is 0 Å². The molecular formula is C30H28N2. The van der Waals surface area contributed by atoms with Gasteiger partial charge in [0.25, 0.3) is 0 Å². The van der Waals surface area contributed by atoms with Gasteiger partial charge in [-0.2, -0.15) is 0 Å². The van der Waals surface area contributed by atoms with Gasteiger partial charge in [0.15, 0.2) is 0 Å². The van der Waals surface area contributed by atoms with Crippen molar-refractivity contribution in [1.29, 1.82) is 0 Å². The Morgan fingerprint density at radius 3 is 1.50 bits per heavy atom. The summed E-state index contributed by atoms with van der Waals surface area (Å²) < 4.78 is 0. The molecule has 2 nitrogen and oxygen atoms in total. The van der Waals surface area contributed by atoms with Crippen molar-refractivity contribution >= 4 is 22.8 Å². The van der Waals surface area contributed by atoms with E-state index in [-0.39, 0.29) is 0 Å². The summed E-state index contributed by atoms with van der Waals surface area (Å²) >= 11 is 0. The van der Waals surface area contributed by atoms with Crippen molar-refractivity contribution in [2.75, 3.05) is 16.5 Å². The monoisotopic (exact) mass is 416 g/mol. The van der Waals surface area contributed by atoms with E-state index in [2.05, 4.69) is 134 Å². The number of para-hydroxylation sites is 2. The minimum Gasteiger partial charge on any atom is -0.321 e. The Labute approximate surface area is 191 Å². The van der Waals surface area contributed by atoms with Crippen LogP contribution in [0.3, 0.4) is 0 Å². The van der Waals surface area contributed by atoms with Crippen molar-refractivity contribution < 1.29 is 0 Å². The molecule has 1 aliphatic heterocycles. The van der Waals surface area contributed by atoms with E-state index in [1.54, 1.807) is 0 Å². The van der Waals surface area contributed by atoms with Gasteiger partial charge < -0.3 is 9.80 Å². The molecule has 1 heterocycles. The molecule has 0 saturated carbocycles. The van der Waals surface area contributed by atoms with Gasteiger partial charge in [-0.25, -0.2) is 0 Å². The van der Waals surface area contributed by atoms with Gasteiger partial charge in [0.1, 0.15) is 6.67 Å². The first-order valence-corrected chi connectivity index (χ1v) is 11.2. The summed E-state index contributed by atoms with van der Waals surface area (Å²) in [7, 11) is 0. The highest BCUT2D eigenvalue weighted by molar-refractivity contribution is 6.06. The Bertz CT molecular complexity index is 1290. The second-order valence-electron chi connectivity index (χ2n) is 8.45. The second-order valence-corrected chi connectivity index (χ2v) is 8.45. The van der Waals surface area contributed by atoms with Crippen LogP contribution in [0.2, 0.25) is 0 Å². The van der Waals surface area contributed by atoms with Crippen LogP contribution in [0.5, 0.6) is 0 Å². The molecular weight excluding hydrogens is 388 g/mol. The summed E-state index contributed by atoms with van der Waals surface area (Å²) in [5, 5.41) is 0. The Balaban J connectivity index is 1.85. The SMILES string of the molecule is Cc1ccccc1C1=C(c2ccccc2C)N(c2ccccc2C)CN1c1ccccc1. The summed E-state index contributed by atoms with van der Waals surface area (Å²) in [6.07, 6.45) is 0. The fourth-order valence-corrected chi connectivity index (χ4v) is 4.64. The Morgan fingerprint density at radius 1 is 0.469 bits per heavy atom. The molecule has 0 aromatic heterocycles. The fraction of sp³-hybridized carbons (Fsp3) is 0.133. The molecule has 0 atom stereocenters. The highest BCUT2D eigenvalue weighted by Crippen LogP contribution is 2.44. The Hall–Kier alpha value is -3.78.